The summed E-state index contributed by atoms with van der Waals surface area (Å²) in [6.45, 7) is 0. The number of aromatic hydroxyl groups is 1. The molecule has 0 aliphatic rings. The molecule has 3 heteroatoms. The van der Waals surface area contributed by atoms with Crippen molar-refractivity contribution >= 4 is 10.9 Å². The molecular weight excluding hydrogens is 188 g/mol. The number of nitrogens with one attached hydrogen (secondary N) is 2. The molecule has 0 unspecified atom stereocenters. The van der Waals surface area contributed by atoms with Gasteiger partial charge in [-0.15, -0.1) is 0 Å². The average molecular weight is 198 g/mol. The van der Waals surface area contributed by atoms with E-state index >= 15 is 0 Å². The van der Waals surface area contributed by atoms with E-state index in [9.17, 15) is 5.11 Å². The van der Waals surface area contributed by atoms with Crippen molar-refractivity contribution in [3.63, 3.8) is 0 Å². The number of hydrogen-bond acceptors (Lipinski definition) is 1. The van der Waals surface area contributed by atoms with Gasteiger partial charge >= 0.3 is 0 Å². The lowest BCUT2D eigenvalue weighted by Gasteiger charge is -1.93. The number of hydrogen-bond donors (Lipinski definition) is 3. The number of aromatic nitrogens is 2. The van der Waals surface area contributed by atoms with E-state index in [-0.39, 0.29) is 5.75 Å². The lowest BCUT2D eigenvalue weighted by atomic mass is 10.2. The first-order valence-electron chi connectivity index (χ1n) is 4.79. The monoisotopic (exact) mass is 198 g/mol. The summed E-state index contributed by atoms with van der Waals surface area (Å²) in [5.74, 6) is 0.265. The molecule has 0 aliphatic heterocycles. The molecule has 0 atom stereocenters. The lowest BCUT2D eigenvalue weighted by Crippen LogP contribution is -1.75. The zero-order chi connectivity index (χ0) is 10.3. The Balaban J connectivity index is 2.24. The molecule has 3 rings (SSSR count). The molecule has 0 amide bonds. The predicted molar refractivity (Wildman–Crippen MR) is 59.8 cm³/mol. The first-order chi connectivity index (χ1) is 7.34. The van der Waals surface area contributed by atoms with E-state index in [1.165, 1.54) is 0 Å². The highest BCUT2D eigenvalue weighted by molar-refractivity contribution is 5.86. The largest absolute Gasteiger partial charge is 0.506 e. The van der Waals surface area contributed by atoms with Gasteiger partial charge in [0, 0.05) is 17.1 Å². The average Bonchev–Trinajstić information content (AvgIpc) is 2.82. The summed E-state index contributed by atoms with van der Waals surface area (Å²) in [5, 5.41) is 10.7. The van der Waals surface area contributed by atoms with Crippen LogP contribution in [0.2, 0.25) is 0 Å². The number of rotatable bonds is 1. The highest BCUT2D eigenvalue weighted by Gasteiger charge is 2.07. The minimum Gasteiger partial charge on any atom is -0.506 e. The van der Waals surface area contributed by atoms with Gasteiger partial charge in [0.2, 0.25) is 0 Å². The SMILES string of the molecule is Oc1cc[nH]c1-c1cc2ccccc2[nH]1. The molecule has 1 aromatic carbocycles. The third-order valence-electron chi connectivity index (χ3n) is 2.52. The fourth-order valence-electron chi connectivity index (χ4n) is 1.78. The van der Waals surface area contributed by atoms with Gasteiger partial charge in [0.25, 0.3) is 0 Å². The van der Waals surface area contributed by atoms with E-state index in [2.05, 4.69) is 9.97 Å². The molecular formula is C12H10N2O. The van der Waals surface area contributed by atoms with E-state index in [4.69, 9.17) is 0 Å². The van der Waals surface area contributed by atoms with Crippen molar-refractivity contribution in [1.29, 1.82) is 0 Å². The van der Waals surface area contributed by atoms with Crippen LogP contribution >= 0.6 is 0 Å². The Hall–Kier alpha value is -2.16. The molecule has 0 saturated carbocycles. The van der Waals surface area contributed by atoms with Crippen LogP contribution in [0.5, 0.6) is 5.75 Å². The molecule has 0 aliphatic carbocycles. The fourth-order valence-corrected chi connectivity index (χ4v) is 1.78. The Bertz CT molecular complexity index is 574. The molecule has 3 nitrogen and oxygen atoms in total. The summed E-state index contributed by atoms with van der Waals surface area (Å²) in [6.07, 6.45) is 1.72. The molecule has 2 heterocycles. The quantitative estimate of drug-likeness (QED) is 0.553. The van der Waals surface area contributed by atoms with Gasteiger partial charge in [0.1, 0.15) is 11.4 Å². The normalized spacial score (nSPS) is 10.9. The van der Waals surface area contributed by atoms with Crippen molar-refractivity contribution in [3.8, 4) is 17.1 Å². The van der Waals surface area contributed by atoms with Crippen LogP contribution in [0.1, 0.15) is 0 Å². The maximum Gasteiger partial charge on any atom is 0.142 e. The maximum atomic E-state index is 9.58. The van der Waals surface area contributed by atoms with Crippen LogP contribution in [0.25, 0.3) is 22.3 Å². The number of H-pyrrole nitrogens is 2. The van der Waals surface area contributed by atoms with Crippen LogP contribution < -0.4 is 0 Å². The Morgan fingerprint density at radius 2 is 1.93 bits per heavy atom. The van der Waals surface area contributed by atoms with E-state index in [1.54, 1.807) is 12.3 Å². The van der Waals surface area contributed by atoms with Crippen molar-refractivity contribution in [1.82, 2.24) is 9.97 Å². The highest BCUT2D eigenvalue weighted by atomic mass is 16.3. The van der Waals surface area contributed by atoms with Gasteiger partial charge < -0.3 is 15.1 Å². The molecule has 74 valence electrons. The highest BCUT2D eigenvalue weighted by Crippen LogP contribution is 2.29. The molecule has 2 aromatic heterocycles. The molecule has 3 N–H and O–H groups in total. The van der Waals surface area contributed by atoms with Crippen molar-refractivity contribution in [3.05, 3.63) is 42.6 Å². The smallest absolute Gasteiger partial charge is 0.142 e. The Labute approximate surface area is 86.4 Å². The van der Waals surface area contributed by atoms with Crippen LogP contribution in [-0.4, -0.2) is 15.1 Å². The van der Waals surface area contributed by atoms with Gasteiger partial charge in [-0.05, 0) is 18.2 Å². The van der Waals surface area contributed by atoms with Crippen LogP contribution in [0.3, 0.4) is 0 Å². The Kier molecular flexibility index (Phi) is 1.59. The first kappa shape index (κ1) is 8.17. The second-order valence-electron chi connectivity index (χ2n) is 3.51. The summed E-state index contributed by atoms with van der Waals surface area (Å²) >= 11 is 0. The minimum atomic E-state index is 0.265. The van der Waals surface area contributed by atoms with Gasteiger partial charge in [0.05, 0.1) is 5.69 Å². The number of aromatic amines is 2. The van der Waals surface area contributed by atoms with Crippen LogP contribution in [0.4, 0.5) is 0 Å². The van der Waals surface area contributed by atoms with Gasteiger partial charge in [-0.25, -0.2) is 0 Å². The van der Waals surface area contributed by atoms with Crippen LogP contribution in [0.15, 0.2) is 42.6 Å². The molecule has 15 heavy (non-hydrogen) atoms. The van der Waals surface area contributed by atoms with E-state index in [0.717, 1.165) is 22.3 Å². The number of fused-ring (bicyclic) bond motifs is 1. The fraction of sp³-hybridized carbons (Fsp3) is 0. The molecule has 0 bridgehead atoms. The molecule has 3 aromatic rings. The Morgan fingerprint density at radius 3 is 2.67 bits per heavy atom. The second kappa shape index (κ2) is 2.92. The summed E-state index contributed by atoms with van der Waals surface area (Å²) in [7, 11) is 0. The number of para-hydroxylation sites is 1. The van der Waals surface area contributed by atoms with E-state index in [0.29, 0.717) is 0 Å². The molecule has 0 spiro atoms. The van der Waals surface area contributed by atoms with Crippen molar-refractivity contribution in [2.75, 3.05) is 0 Å². The van der Waals surface area contributed by atoms with Crippen molar-refractivity contribution in [2.24, 2.45) is 0 Å². The summed E-state index contributed by atoms with van der Waals surface area (Å²) < 4.78 is 0. The summed E-state index contributed by atoms with van der Waals surface area (Å²) in [6, 6.07) is 11.7. The van der Waals surface area contributed by atoms with E-state index < -0.39 is 0 Å². The third-order valence-corrected chi connectivity index (χ3v) is 2.52. The van der Waals surface area contributed by atoms with Gasteiger partial charge in [0.15, 0.2) is 0 Å². The predicted octanol–water partition coefficient (Wildman–Crippen LogP) is 2.87. The lowest BCUT2D eigenvalue weighted by molar-refractivity contribution is 0.478. The van der Waals surface area contributed by atoms with Crippen molar-refractivity contribution in [2.45, 2.75) is 0 Å². The van der Waals surface area contributed by atoms with Crippen LogP contribution in [-0.2, 0) is 0 Å². The van der Waals surface area contributed by atoms with Crippen LogP contribution in [0, 0.1) is 0 Å². The first-order valence-corrected chi connectivity index (χ1v) is 4.79. The second-order valence-corrected chi connectivity index (χ2v) is 3.51. The molecule has 0 saturated heterocycles. The van der Waals surface area contributed by atoms with Gasteiger partial charge in [-0.3, -0.25) is 0 Å². The van der Waals surface area contributed by atoms with Gasteiger partial charge in [-0.1, -0.05) is 18.2 Å². The molecule has 0 fully saturated rings. The zero-order valence-electron chi connectivity index (χ0n) is 7.99. The minimum absolute atomic E-state index is 0.265. The molecule has 0 radical (unpaired) electrons. The van der Waals surface area contributed by atoms with E-state index in [1.807, 2.05) is 30.3 Å². The zero-order valence-corrected chi connectivity index (χ0v) is 7.99. The van der Waals surface area contributed by atoms with Gasteiger partial charge in [-0.2, -0.15) is 0 Å². The maximum absolute atomic E-state index is 9.58. The summed E-state index contributed by atoms with van der Waals surface area (Å²) in [5.41, 5.74) is 2.70. The summed E-state index contributed by atoms with van der Waals surface area (Å²) in [4.78, 5) is 6.25. The topological polar surface area (TPSA) is 51.8 Å². The Morgan fingerprint density at radius 1 is 1.07 bits per heavy atom. The third kappa shape index (κ3) is 1.21. The number of benzene rings is 1. The standard InChI is InChI=1S/C12H10N2O/c15-11-5-6-13-12(11)10-7-8-3-1-2-4-9(8)14-10/h1-7,13-15H. The van der Waals surface area contributed by atoms with Crippen molar-refractivity contribution < 1.29 is 5.11 Å².